The summed E-state index contributed by atoms with van der Waals surface area (Å²) in [6.45, 7) is 6.00. The van der Waals surface area contributed by atoms with Gasteiger partial charge in [0.15, 0.2) is 0 Å². The number of unbranched alkanes of at least 4 members (excludes halogenated alkanes) is 2. The van der Waals surface area contributed by atoms with Crippen LogP contribution in [0.25, 0.3) is 0 Å². The van der Waals surface area contributed by atoms with E-state index in [1.807, 2.05) is 26.0 Å². The maximum atomic E-state index is 12.2. The first kappa shape index (κ1) is 21.3. The summed E-state index contributed by atoms with van der Waals surface area (Å²) >= 11 is 0. The molecular formula is C22H35FN2. The van der Waals surface area contributed by atoms with E-state index < -0.39 is 0 Å². The van der Waals surface area contributed by atoms with E-state index in [0.29, 0.717) is 6.42 Å². The average molecular weight is 347 g/mol. The van der Waals surface area contributed by atoms with Crippen LogP contribution in [0.15, 0.2) is 47.7 Å². The number of hydrogen-bond donors (Lipinski definition) is 2. The molecule has 0 spiro atoms. The molecule has 0 bridgehead atoms. The van der Waals surface area contributed by atoms with Crippen LogP contribution >= 0.6 is 0 Å². The van der Waals surface area contributed by atoms with Crippen molar-refractivity contribution in [3.8, 4) is 0 Å². The van der Waals surface area contributed by atoms with Crippen LogP contribution < -0.4 is 10.9 Å². The smallest absolute Gasteiger partial charge is 0.0897 e. The molecule has 1 aromatic carbocycles. The summed E-state index contributed by atoms with van der Waals surface area (Å²) in [5.74, 6) is 0. The number of alkyl halides is 1. The number of allylic oxidation sites excluding steroid dienone is 4. The van der Waals surface area contributed by atoms with Gasteiger partial charge in [-0.2, -0.15) is 0 Å². The van der Waals surface area contributed by atoms with Gasteiger partial charge in [0.2, 0.25) is 0 Å². The van der Waals surface area contributed by atoms with Crippen molar-refractivity contribution >= 4 is 5.69 Å². The molecule has 2 rings (SSSR count). The minimum atomic E-state index is -0.246. The van der Waals surface area contributed by atoms with Crippen LogP contribution in [0.5, 0.6) is 0 Å². The Morgan fingerprint density at radius 1 is 0.880 bits per heavy atom. The van der Waals surface area contributed by atoms with Crippen molar-refractivity contribution < 1.29 is 4.39 Å². The van der Waals surface area contributed by atoms with E-state index in [0.717, 1.165) is 24.9 Å². The van der Waals surface area contributed by atoms with E-state index in [1.54, 1.807) is 5.57 Å². The first-order chi connectivity index (χ1) is 12.3. The van der Waals surface area contributed by atoms with Crippen LogP contribution in [0.1, 0.15) is 71.3 Å². The van der Waals surface area contributed by atoms with Crippen LogP contribution in [0.2, 0.25) is 0 Å². The first-order valence-electron chi connectivity index (χ1n) is 9.87. The van der Waals surface area contributed by atoms with Crippen LogP contribution in [-0.2, 0) is 6.42 Å². The summed E-state index contributed by atoms with van der Waals surface area (Å²) < 4.78 is 12.2. The lowest BCUT2D eigenvalue weighted by atomic mass is 9.98. The topological polar surface area (TPSA) is 24.1 Å². The minimum Gasteiger partial charge on any atom is -0.305 e. The van der Waals surface area contributed by atoms with Crippen molar-refractivity contribution in [2.24, 2.45) is 0 Å². The van der Waals surface area contributed by atoms with Crippen molar-refractivity contribution in [3.63, 3.8) is 0 Å². The third kappa shape index (κ3) is 8.76. The van der Waals surface area contributed by atoms with Crippen molar-refractivity contribution in [3.05, 3.63) is 53.3 Å². The van der Waals surface area contributed by atoms with Gasteiger partial charge in [-0.1, -0.05) is 57.4 Å². The third-order valence-corrected chi connectivity index (χ3v) is 4.26. The largest absolute Gasteiger partial charge is 0.305 e. The van der Waals surface area contributed by atoms with Gasteiger partial charge in [0.05, 0.1) is 12.4 Å². The zero-order valence-corrected chi connectivity index (χ0v) is 16.2. The van der Waals surface area contributed by atoms with Gasteiger partial charge in [0.1, 0.15) is 0 Å². The second-order valence-corrected chi connectivity index (χ2v) is 6.21. The van der Waals surface area contributed by atoms with Crippen molar-refractivity contribution in [1.82, 2.24) is 5.43 Å². The van der Waals surface area contributed by atoms with E-state index in [-0.39, 0.29) is 6.67 Å². The predicted octanol–water partition coefficient (Wildman–Crippen LogP) is 6.72. The summed E-state index contributed by atoms with van der Waals surface area (Å²) in [7, 11) is 0. The van der Waals surface area contributed by atoms with Gasteiger partial charge in [0.25, 0.3) is 0 Å². The van der Waals surface area contributed by atoms with Gasteiger partial charge in [-0.15, -0.1) is 0 Å². The monoisotopic (exact) mass is 346 g/mol. The molecule has 1 aliphatic carbocycles. The zero-order valence-electron chi connectivity index (χ0n) is 16.2. The Labute approximate surface area is 153 Å². The Morgan fingerprint density at radius 2 is 1.64 bits per heavy atom. The van der Waals surface area contributed by atoms with Crippen LogP contribution in [0, 0.1) is 0 Å². The molecule has 0 heterocycles. The Kier molecular flexibility index (Phi) is 11.5. The highest BCUT2D eigenvalue weighted by molar-refractivity contribution is 5.44. The van der Waals surface area contributed by atoms with Gasteiger partial charge in [-0.05, 0) is 62.3 Å². The number of nitrogens with one attached hydrogen (secondary N) is 2. The standard InChI is InChI=1S/C20H29FN2.C2H6/c1-2-3-4-6-17-8-12-19(13-9-17)22-23-20-14-10-18(11-15-20)7-5-16-21;1-2/h8,10-12,14-15,22-23H,2-7,9,13,16H2,1H3;1-2H3. The molecule has 0 saturated heterocycles. The highest BCUT2D eigenvalue weighted by Gasteiger charge is 2.06. The molecule has 0 aromatic heterocycles. The molecule has 140 valence electrons. The number of halogens is 1. The molecule has 3 heteroatoms. The lowest BCUT2D eigenvalue weighted by Gasteiger charge is -2.18. The second kappa shape index (κ2) is 13.5. The summed E-state index contributed by atoms with van der Waals surface area (Å²) in [6.07, 6.45) is 13.3. The zero-order chi connectivity index (χ0) is 18.3. The van der Waals surface area contributed by atoms with Crippen LogP contribution in [0.4, 0.5) is 10.1 Å². The van der Waals surface area contributed by atoms with Crippen LogP contribution in [0.3, 0.4) is 0 Å². The molecular weight excluding hydrogens is 311 g/mol. The van der Waals surface area contributed by atoms with Gasteiger partial charge in [-0.25, -0.2) is 0 Å². The maximum Gasteiger partial charge on any atom is 0.0897 e. The first-order valence-corrected chi connectivity index (χ1v) is 9.87. The predicted molar refractivity (Wildman–Crippen MR) is 108 cm³/mol. The molecule has 0 amide bonds. The van der Waals surface area contributed by atoms with Gasteiger partial charge in [-0.3, -0.25) is 4.39 Å². The quantitative estimate of drug-likeness (QED) is 0.363. The Bertz CT molecular complexity index is 517. The highest BCUT2D eigenvalue weighted by Crippen LogP contribution is 2.21. The SMILES string of the molecule is CC.CCCCCC1=CC=C(NNc2ccc(CCCF)cc2)CC1. The molecule has 2 N–H and O–H groups in total. The van der Waals surface area contributed by atoms with Gasteiger partial charge < -0.3 is 10.9 Å². The fourth-order valence-electron chi connectivity index (χ4n) is 2.77. The van der Waals surface area contributed by atoms with E-state index in [2.05, 4.69) is 42.1 Å². The highest BCUT2D eigenvalue weighted by atomic mass is 19.1. The molecule has 0 aliphatic heterocycles. The van der Waals surface area contributed by atoms with E-state index >= 15 is 0 Å². The molecule has 1 aliphatic rings. The Hall–Kier alpha value is -1.77. The summed E-state index contributed by atoms with van der Waals surface area (Å²) in [4.78, 5) is 0. The molecule has 0 fully saturated rings. The normalized spacial score (nSPS) is 13.3. The Balaban J connectivity index is 0.00000151. The number of rotatable bonds is 10. The molecule has 25 heavy (non-hydrogen) atoms. The van der Waals surface area contributed by atoms with Gasteiger partial charge >= 0.3 is 0 Å². The third-order valence-electron chi connectivity index (χ3n) is 4.26. The molecule has 1 aromatic rings. The number of aryl methyl sites for hydroxylation is 1. The number of anilines is 1. The van der Waals surface area contributed by atoms with Crippen molar-refractivity contribution in [2.75, 3.05) is 12.1 Å². The number of hydrazine groups is 1. The number of benzene rings is 1. The molecule has 0 unspecified atom stereocenters. The lowest BCUT2D eigenvalue weighted by molar-refractivity contribution is 0.473. The minimum absolute atomic E-state index is 0.246. The average Bonchev–Trinajstić information content (AvgIpc) is 2.68. The van der Waals surface area contributed by atoms with E-state index in [9.17, 15) is 4.39 Å². The summed E-state index contributed by atoms with van der Waals surface area (Å²) in [5, 5.41) is 0. The van der Waals surface area contributed by atoms with Crippen molar-refractivity contribution in [2.45, 2.75) is 72.1 Å². The van der Waals surface area contributed by atoms with E-state index in [4.69, 9.17) is 0 Å². The second-order valence-electron chi connectivity index (χ2n) is 6.21. The molecule has 0 atom stereocenters. The van der Waals surface area contributed by atoms with E-state index in [1.165, 1.54) is 36.9 Å². The van der Waals surface area contributed by atoms with Crippen LogP contribution in [-0.4, -0.2) is 6.67 Å². The molecule has 2 nitrogen and oxygen atoms in total. The molecule has 0 saturated carbocycles. The lowest BCUT2D eigenvalue weighted by Crippen LogP contribution is -2.21. The maximum absolute atomic E-state index is 12.2. The summed E-state index contributed by atoms with van der Waals surface area (Å²) in [5.41, 5.74) is 11.6. The Morgan fingerprint density at radius 3 is 2.24 bits per heavy atom. The fourth-order valence-corrected chi connectivity index (χ4v) is 2.77. The van der Waals surface area contributed by atoms with Crippen molar-refractivity contribution in [1.29, 1.82) is 0 Å². The van der Waals surface area contributed by atoms with Gasteiger partial charge in [0, 0.05) is 5.70 Å². The summed E-state index contributed by atoms with van der Waals surface area (Å²) in [6, 6.07) is 8.19. The number of hydrogen-bond acceptors (Lipinski definition) is 2. The molecule has 0 radical (unpaired) electrons. The fraction of sp³-hybridized carbons (Fsp3) is 0.545.